The highest BCUT2D eigenvalue weighted by Crippen LogP contribution is 2.31. The number of hydrogen-bond donors (Lipinski definition) is 1. The number of nitrogens with one attached hydrogen (secondary N) is 1. The van der Waals surface area contributed by atoms with E-state index in [1.165, 1.54) is 84.4 Å². The van der Waals surface area contributed by atoms with Crippen LogP contribution in [0.1, 0.15) is 149 Å². The molecule has 0 saturated carbocycles. The van der Waals surface area contributed by atoms with Crippen LogP contribution in [0.25, 0.3) is 0 Å². The topological polar surface area (TPSA) is 127 Å². The third-order valence-corrected chi connectivity index (χ3v) is 10.9. The molecule has 1 N–H and O–H groups in total. The number of unbranched alkanes of at least 4 members (excludes halogenated alkanes) is 12. The molecule has 3 aliphatic heterocycles. The maximum absolute atomic E-state index is 14.3. The molecule has 0 bridgehead atoms. The minimum atomic E-state index is -0.994. The summed E-state index contributed by atoms with van der Waals surface area (Å²) in [6.07, 6.45) is 17.8. The number of carbonyl (C=O) groups is 4. The van der Waals surface area contributed by atoms with Gasteiger partial charge in [-0.25, -0.2) is 13.6 Å². The number of amides is 3. The number of esters is 1. The van der Waals surface area contributed by atoms with Crippen molar-refractivity contribution in [3.8, 4) is 5.75 Å². The van der Waals surface area contributed by atoms with Crippen molar-refractivity contribution in [1.29, 1.82) is 0 Å². The van der Waals surface area contributed by atoms with E-state index in [4.69, 9.17) is 9.47 Å². The molecule has 1 unspecified atom stereocenters. The fraction of sp³-hybridized carbons (Fsp3) is 0.634. The summed E-state index contributed by atoms with van der Waals surface area (Å²) in [6, 6.07) is 1.76. The second-order valence-corrected chi connectivity index (χ2v) is 15.0. The summed E-state index contributed by atoms with van der Waals surface area (Å²) in [6.45, 7) is 4.60. The average molecular weight is 755 g/mol. The van der Waals surface area contributed by atoms with E-state index in [1.54, 1.807) is 0 Å². The normalized spacial score (nSPS) is 19.4. The largest absolute Gasteiger partial charge is 0.418 e. The molecule has 4 heterocycles. The van der Waals surface area contributed by atoms with Crippen molar-refractivity contribution >= 4 is 23.7 Å². The van der Waals surface area contributed by atoms with Crippen LogP contribution < -0.4 is 15.5 Å². The molecule has 1 aromatic heterocycles. The minimum absolute atomic E-state index is 0.00493. The number of rotatable bonds is 19. The molecule has 54 heavy (non-hydrogen) atoms. The Labute approximate surface area is 316 Å². The maximum atomic E-state index is 14.3. The zero-order valence-electron chi connectivity index (χ0n) is 31.8. The average Bonchev–Trinajstić information content (AvgIpc) is 3.65. The Morgan fingerprint density at radius 1 is 0.926 bits per heavy atom. The monoisotopic (exact) mass is 754 g/mol. The Hall–Kier alpha value is -4.13. The van der Waals surface area contributed by atoms with Crippen molar-refractivity contribution < 1.29 is 37.4 Å². The lowest BCUT2D eigenvalue weighted by atomic mass is 10.0. The van der Waals surface area contributed by atoms with Crippen LogP contribution in [0.15, 0.2) is 29.2 Å². The van der Waals surface area contributed by atoms with Gasteiger partial charge in [-0.15, -0.1) is 0 Å². The fourth-order valence-electron chi connectivity index (χ4n) is 7.75. The van der Waals surface area contributed by atoms with Crippen molar-refractivity contribution in [2.75, 3.05) is 13.2 Å². The van der Waals surface area contributed by atoms with Crippen LogP contribution in [-0.4, -0.2) is 69.5 Å². The SMILES string of the molecule is CCCCCCCCCCCCCCCC(=O)N1CCCC1C(=O)Oc1c2n(cc(C(=O)NCc3ccc(F)cc3F)c1=O)C[C@@H]1OCC[C@@H](C)N1C2=O. The Morgan fingerprint density at radius 2 is 1.59 bits per heavy atom. The Bertz CT molecular complexity index is 1700. The van der Waals surface area contributed by atoms with Gasteiger partial charge in [0.25, 0.3) is 11.8 Å². The summed E-state index contributed by atoms with van der Waals surface area (Å²) >= 11 is 0. The predicted octanol–water partition coefficient (Wildman–Crippen LogP) is 7.02. The summed E-state index contributed by atoms with van der Waals surface area (Å²) in [7, 11) is 0. The van der Waals surface area contributed by atoms with Gasteiger partial charge in [-0.1, -0.05) is 90.0 Å². The van der Waals surface area contributed by atoms with Crippen molar-refractivity contribution in [3.05, 3.63) is 63.1 Å². The van der Waals surface area contributed by atoms with Crippen LogP contribution in [0.2, 0.25) is 0 Å². The van der Waals surface area contributed by atoms with Gasteiger partial charge in [0.05, 0.1) is 13.2 Å². The van der Waals surface area contributed by atoms with E-state index < -0.39 is 58.4 Å². The van der Waals surface area contributed by atoms with Gasteiger partial charge >= 0.3 is 5.97 Å². The molecule has 2 aromatic rings. The highest BCUT2D eigenvalue weighted by Gasteiger charge is 2.43. The lowest BCUT2D eigenvalue weighted by Crippen LogP contribution is -2.57. The molecule has 2 fully saturated rings. The molecule has 3 atom stereocenters. The second-order valence-electron chi connectivity index (χ2n) is 15.0. The van der Waals surface area contributed by atoms with Gasteiger partial charge in [-0.05, 0) is 38.7 Å². The first-order valence-electron chi connectivity index (χ1n) is 20.1. The summed E-state index contributed by atoms with van der Waals surface area (Å²) in [5.41, 5.74) is -1.62. The lowest BCUT2D eigenvalue weighted by molar-refractivity contribution is -0.146. The number of ether oxygens (including phenoxy) is 2. The molecule has 5 rings (SSSR count). The van der Waals surface area contributed by atoms with Gasteiger partial charge in [-0.2, -0.15) is 0 Å². The van der Waals surface area contributed by atoms with E-state index in [0.717, 1.165) is 25.3 Å². The number of nitrogens with zero attached hydrogens (tertiary/aromatic N) is 3. The number of benzene rings is 1. The Morgan fingerprint density at radius 3 is 2.26 bits per heavy atom. The molecule has 0 radical (unpaired) electrons. The molecule has 2 saturated heterocycles. The van der Waals surface area contributed by atoms with Crippen LogP contribution in [0, 0.1) is 11.6 Å². The molecular formula is C41H56F2N4O7. The highest BCUT2D eigenvalue weighted by atomic mass is 19.1. The first-order chi connectivity index (χ1) is 26.1. The number of carbonyl (C=O) groups excluding carboxylic acids is 4. The summed E-state index contributed by atoms with van der Waals surface area (Å²) in [4.78, 5) is 71.4. The molecule has 3 amide bonds. The van der Waals surface area contributed by atoms with Gasteiger partial charge in [0, 0.05) is 43.4 Å². The first-order valence-corrected chi connectivity index (χ1v) is 20.1. The third-order valence-electron chi connectivity index (χ3n) is 10.9. The van der Waals surface area contributed by atoms with Crippen LogP contribution >= 0.6 is 0 Å². The number of pyridine rings is 1. The lowest BCUT2D eigenvalue weighted by Gasteiger charge is -2.44. The molecule has 0 aliphatic carbocycles. The molecule has 3 aliphatic rings. The Kier molecular flexibility index (Phi) is 15.2. The van der Waals surface area contributed by atoms with Gasteiger partial charge in [0.2, 0.25) is 17.1 Å². The van der Waals surface area contributed by atoms with Crippen molar-refractivity contribution in [2.45, 2.75) is 154 Å². The maximum Gasteiger partial charge on any atom is 0.334 e. The zero-order valence-corrected chi connectivity index (χ0v) is 31.8. The van der Waals surface area contributed by atoms with Crippen molar-refractivity contribution in [1.82, 2.24) is 19.7 Å². The van der Waals surface area contributed by atoms with Crippen LogP contribution in [0.5, 0.6) is 5.75 Å². The zero-order chi connectivity index (χ0) is 38.6. The van der Waals surface area contributed by atoms with Gasteiger partial charge in [-0.3, -0.25) is 19.2 Å². The van der Waals surface area contributed by atoms with Gasteiger partial charge in [0.15, 0.2) is 11.9 Å². The molecule has 13 heteroatoms. The summed E-state index contributed by atoms with van der Waals surface area (Å²) in [5, 5.41) is 2.47. The summed E-state index contributed by atoms with van der Waals surface area (Å²) in [5.74, 6) is -4.74. The van der Waals surface area contributed by atoms with Crippen LogP contribution in [0.4, 0.5) is 8.78 Å². The van der Waals surface area contributed by atoms with E-state index in [-0.39, 0.29) is 36.3 Å². The quantitative estimate of drug-likeness (QED) is 0.121. The van der Waals surface area contributed by atoms with E-state index >= 15 is 0 Å². The summed E-state index contributed by atoms with van der Waals surface area (Å²) < 4.78 is 40.7. The van der Waals surface area contributed by atoms with Gasteiger partial charge < -0.3 is 29.2 Å². The molecule has 11 nitrogen and oxygen atoms in total. The molecule has 296 valence electrons. The number of likely N-dealkylation sites (tertiary alicyclic amines) is 1. The molecule has 1 aromatic carbocycles. The van der Waals surface area contributed by atoms with E-state index in [1.807, 2.05) is 6.92 Å². The van der Waals surface area contributed by atoms with Crippen molar-refractivity contribution in [3.63, 3.8) is 0 Å². The second kappa shape index (κ2) is 20.0. The van der Waals surface area contributed by atoms with E-state index in [2.05, 4.69) is 12.2 Å². The highest BCUT2D eigenvalue weighted by molar-refractivity contribution is 6.00. The van der Waals surface area contributed by atoms with Crippen LogP contribution in [0.3, 0.4) is 0 Å². The first kappa shape index (κ1) is 41.0. The van der Waals surface area contributed by atoms with Crippen LogP contribution in [-0.2, 0) is 27.4 Å². The third kappa shape index (κ3) is 10.3. The number of hydrogen-bond acceptors (Lipinski definition) is 7. The number of halogens is 2. The molecular weight excluding hydrogens is 698 g/mol. The van der Waals surface area contributed by atoms with E-state index in [0.29, 0.717) is 51.3 Å². The predicted molar refractivity (Wildman–Crippen MR) is 199 cm³/mol. The Balaban J connectivity index is 1.22. The van der Waals surface area contributed by atoms with E-state index in [9.17, 15) is 32.8 Å². The van der Waals surface area contributed by atoms with Gasteiger partial charge in [0.1, 0.15) is 23.2 Å². The minimum Gasteiger partial charge on any atom is -0.418 e. The van der Waals surface area contributed by atoms with Crippen molar-refractivity contribution in [2.24, 2.45) is 0 Å². The number of fused-ring (bicyclic) bond motifs is 2. The fourth-order valence-corrected chi connectivity index (χ4v) is 7.75. The molecule has 0 spiro atoms. The standard InChI is InChI=1S/C41H56F2N4O7/c1-3-4-5-6-7-8-9-10-11-12-13-14-15-18-34(48)46-22-16-17-33(46)41(52)54-38-36-40(51)47-28(2)21-23-53-35(47)27-45(36)26-31(37(38)49)39(50)44-25-29-19-20-30(42)24-32(29)43/h19-20,24,26,28,33,35H,3-18,21-23,25,27H2,1-2H3,(H,44,50)/t28-,33?,35+/m1/s1. The number of aromatic nitrogens is 1. The smallest absolute Gasteiger partial charge is 0.334 e.